The highest BCUT2D eigenvalue weighted by molar-refractivity contribution is 6.02. The second-order valence-corrected chi connectivity index (χ2v) is 5.10. The average Bonchev–Trinajstić information content (AvgIpc) is 2.40. The summed E-state index contributed by atoms with van der Waals surface area (Å²) in [6, 6.07) is 6.73. The van der Waals surface area contributed by atoms with Gasteiger partial charge in [0.1, 0.15) is 17.8 Å². The summed E-state index contributed by atoms with van der Waals surface area (Å²) in [4.78, 5) is 23.5. The normalized spacial score (nSPS) is 20.6. The number of anilines is 1. The van der Waals surface area contributed by atoms with Gasteiger partial charge in [-0.15, -0.1) is 0 Å². The molecule has 104 valence electrons. The quantitative estimate of drug-likeness (QED) is 0.917. The number of rotatable bonds is 3. The highest BCUT2D eigenvalue weighted by atomic mass is 16.5. The zero-order valence-corrected chi connectivity index (χ0v) is 11.5. The van der Waals surface area contributed by atoms with Crippen LogP contribution in [0, 0.1) is 11.3 Å². The zero-order chi connectivity index (χ0) is 14.8. The standard InChI is InChI=1S/C15H16N2O3/c1-3-15(2)9-12(18)11-8-10(4-5-13(11)20-15)17-14(19)6-7-16/h4-5,8H,3,6,9H2,1-2H3,(H,17,19). The van der Waals surface area contributed by atoms with E-state index in [4.69, 9.17) is 10.00 Å². The molecule has 5 heteroatoms. The maximum atomic E-state index is 12.2. The molecule has 1 aromatic rings. The summed E-state index contributed by atoms with van der Waals surface area (Å²) in [5.41, 5.74) is 0.516. The van der Waals surface area contributed by atoms with E-state index >= 15 is 0 Å². The summed E-state index contributed by atoms with van der Waals surface area (Å²) >= 11 is 0. The molecular weight excluding hydrogens is 256 g/mol. The molecule has 1 heterocycles. The van der Waals surface area contributed by atoms with Crippen molar-refractivity contribution in [2.45, 2.75) is 38.7 Å². The molecule has 1 N–H and O–H groups in total. The Bertz CT molecular complexity index is 604. The fourth-order valence-corrected chi connectivity index (χ4v) is 2.13. The molecule has 0 spiro atoms. The lowest BCUT2D eigenvalue weighted by Gasteiger charge is -2.34. The van der Waals surface area contributed by atoms with Crippen LogP contribution < -0.4 is 10.1 Å². The van der Waals surface area contributed by atoms with Crippen molar-refractivity contribution in [3.05, 3.63) is 23.8 Å². The smallest absolute Gasteiger partial charge is 0.238 e. The fourth-order valence-electron chi connectivity index (χ4n) is 2.13. The second kappa shape index (κ2) is 5.33. The first-order valence-corrected chi connectivity index (χ1v) is 6.50. The molecule has 1 atom stereocenters. The van der Waals surface area contributed by atoms with Crippen LogP contribution in [0.3, 0.4) is 0 Å². The minimum absolute atomic E-state index is 0.00646. The molecule has 0 bridgehead atoms. The van der Waals surface area contributed by atoms with Crippen molar-refractivity contribution < 1.29 is 14.3 Å². The predicted molar refractivity (Wildman–Crippen MR) is 73.6 cm³/mol. The van der Waals surface area contributed by atoms with Crippen molar-refractivity contribution in [1.82, 2.24) is 0 Å². The van der Waals surface area contributed by atoms with E-state index in [0.717, 1.165) is 6.42 Å². The molecule has 1 aliphatic rings. The lowest BCUT2D eigenvalue weighted by Crippen LogP contribution is -2.38. The first kappa shape index (κ1) is 14.1. The molecule has 1 unspecified atom stereocenters. The van der Waals surface area contributed by atoms with Crippen LogP contribution in [0.25, 0.3) is 0 Å². The Labute approximate surface area is 117 Å². The van der Waals surface area contributed by atoms with E-state index < -0.39 is 11.5 Å². The van der Waals surface area contributed by atoms with Crippen LogP contribution in [0.4, 0.5) is 5.69 Å². The van der Waals surface area contributed by atoms with Crippen LogP contribution in [-0.4, -0.2) is 17.3 Å². The minimum Gasteiger partial charge on any atom is -0.486 e. The van der Waals surface area contributed by atoms with E-state index in [-0.39, 0.29) is 12.2 Å². The zero-order valence-electron chi connectivity index (χ0n) is 11.5. The minimum atomic E-state index is -0.463. The largest absolute Gasteiger partial charge is 0.486 e. The highest BCUT2D eigenvalue weighted by Gasteiger charge is 2.35. The molecule has 1 aromatic carbocycles. The number of nitrogens with zero attached hydrogens (tertiary/aromatic N) is 1. The number of nitrogens with one attached hydrogen (secondary N) is 1. The summed E-state index contributed by atoms with van der Waals surface area (Å²) < 4.78 is 5.86. The van der Waals surface area contributed by atoms with Crippen LogP contribution in [0.1, 0.15) is 43.5 Å². The Morgan fingerprint density at radius 3 is 2.95 bits per heavy atom. The topological polar surface area (TPSA) is 79.2 Å². The van der Waals surface area contributed by atoms with Gasteiger partial charge >= 0.3 is 0 Å². The summed E-state index contributed by atoms with van der Waals surface area (Å²) in [7, 11) is 0. The van der Waals surface area contributed by atoms with Crippen LogP contribution in [-0.2, 0) is 4.79 Å². The first-order valence-electron chi connectivity index (χ1n) is 6.50. The molecule has 0 saturated carbocycles. The van der Waals surface area contributed by atoms with Crippen LogP contribution >= 0.6 is 0 Å². The third-order valence-electron chi connectivity index (χ3n) is 3.44. The number of benzene rings is 1. The van der Waals surface area contributed by atoms with Crippen molar-refractivity contribution in [2.75, 3.05) is 5.32 Å². The molecule has 0 aromatic heterocycles. The molecule has 0 aliphatic carbocycles. The van der Waals surface area contributed by atoms with Crippen molar-refractivity contribution in [2.24, 2.45) is 0 Å². The summed E-state index contributed by atoms with van der Waals surface area (Å²) in [6.45, 7) is 3.89. The van der Waals surface area contributed by atoms with Gasteiger partial charge < -0.3 is 10.1 Å². The van der Waals surface area contributed by atoms with Crippen molar-refractivity contribution in [3.63, 3.8) is 0 Å². The van der Waals surface area contributed by atoms with Crippen molar-refractivity contribution >= 4 is 17.4 Å². The third kappa shape index (κ3) is 2.80. The predicted octanol–water partition coefficient (Wildman–Crippen LogP) is 2.67. The average molecular weight is 272 g/mol. The number of amides is 1. The van der Waals surface area contributed by atoms with Gasteiger partial charge in [0.25, 0.3) is 0 Å². The number of Topliss-reactive ketones (excluding diaryl/α,β-unsaturated/α-hetero) is 1. The van der Waals surface area contributed by atoms with Crippen molar-refractivity contribution in [1.29, 1.82) is 5.26 Å². The summed E-state index contributed by atoms with van der Waals surface area (Å²) in [5, 5.41) is 11.0. The van der Waals surface area contributed by atoms with E-state index in [0.29, 0.717) is 23.4 Å². The van der Waals surface area contributed by atoms with E-state index in [1.165, 1.54) is 0 Å². The highest BCUT2D eigenvalue weighted by Crippen LogP contribution is 2.36. The SMILES string of the molecule is CCC1(C)CC(=O)c2cc(NC(=O)CC#N)ccc2O1. The third-order valence-corrected chi connectivity index (χ3v) is 3.44. The number of ether oxygens (including phenoxy) is 1. The van der Waals surface area contributed by atoms with Gasteiger partial charge in [0.2, 0.25) is 5.91 Å². The summed E-state index contributed by atoms with van der Waals surface area (Å²) in [5.74, 6) is 0.158. The first-order chi connectivity index (χ1) is 9.47. The van der Waals surface area contributed by atoms with Crippen LogP contribution in [0.5, 0.6) is 5.75 Å². The Balaban J connectivity index is 2.25. The Kier molecular flexibility index (Phi) is 3.75. The molecule has 0 fully saturated rings. The van der Waals surface area contributed by atoms with Gasteiger partial charge in [0, 0.05) is 5.69 Å². The van der Waals surface area contributed by atoms with Crippen LogP contribution in [0.2, 0.25) is 0 Å². The molecule has 0 radical (unpaired) electrons. The number of nitriles is 1. The number of hydrogen-bond donors (Lipinski definition) is 1. The Hall–Kier alpha value is -2.35. The van der Waals surface area contributed by atoms with Crippen molar-refractivity contribution in [3.8, 4) is 11.8 Å². The number of ketones is 1. The van der Waals surface area contributed by atoms with Gasteiger partial charge in [-0.25, -0.2) is 0 Å². The molecule has 20 heavy (non-hydrogen) atoms. The monoisotopic (exact) mass is 272 g/mol. The lowest BCUT2D eigenvalue weighted by atomic mass is 9.89. The maximum absolute atomic E-state index is 12.2. The van der Waals surface area contributed by atoms with Gasteiger partial charge in [-0.3, -0.25) is 9.59 Å². The van der Waals surface area contributed by atoms with E-state index in [1.54, 1.807) is 24.3 Å². The van der Waals surface area contributed by atoms with E-state index in [9.17, 15) is 9.59 Å². The molecule has 0 saturated heterocycles. The molecule has 5 nitrogen and oxygen atoms in total. The van der Waals surface area contributed by atoms with E-state index in [1.807, 2.05) is 13.8 Å². The second-order valence-electron chi connectivity index (χ2n) is 5.10. The number of hydrogen-bond acceptors (Lipinski definition) is 4. The van der Waals surface area contributed by atoms with Gasteiger partial charge in [0.15, 0.2) is 5.78 Å². The van der Waals surface area contributed by atoms with Gasteiger partial charge in [-0.05, 0) is 31.5 Å². The number of carbonyl (C=O) groups is 2. The van der Waals surface area contributed by atoms with Gasteiger partial charge in [-0.2, -0.15) is 5.26 Å². The fraction of sp³-hybridized carbons (Fsp3) is 0.400. The summed E-state index contributed by atoms with van der Waals surface area (Å²) in [6.07, 6.45) is 0.861. The lowest BCUT2D eigenvalue weighted by molar-refractivity contribution is -0.115. The molecule has 2 rings (SSSR count). The number of fused-ring (bicyclic) bond motifs is 1. The number of carbonyl (C=O) groups excluding carboxylic acids is 2. The van der Waals surface area contributed by atoms with Gasteiger partial charge in [-0.1, -0.05) is 6.92 Å². The van der Waals surface area contributed by atoms with E-state index in [2.05, 4.69) is 5.32 Å². The molecule has 1 aliphatic heterocycles. The maximum Gasteiger partial charge on any atom is 0.238 e. The Morgan fingerprint density at radius 2 is 2.30 bits per heavy atom. The Morgan fingerprint density at radius 1 is 1.55 bits per heavy atom. The van der Waals surface area contributed by atoms with Crippen LogP contribution in [0.15, 0.2) is 18.2 Å². The molecule has 1 amide bonds. The molecular formula is C15H16N2O3. The van der Waals surface area contributed by atoms with Gasteiger partial charge in [0.05, 0.1) is 18.1 Å².